The van der Waals surface area contributed by atoms with Crippen molar-refractivity contribution in [2.24, 2.45) is 0 Å². The van der Waals surface area contributed by atoms with E-state index in [1.54, 1.807) is 42.5 Å². The van der Waals surface area contributed by atoms with Crippen molar-refractivity contribution in [1.82, 2.24) is 0 Å². The van der Waals surface area contributed by atoms with Crippen molar-refractivity contribution in [1.29, 1.82) is 0 Å². The summed E-state index contributed by atoms with van der Waals surface area (Å²) in [6.07, 6.45) is 0.658. The first-order chi connectivity index (χ1) is 9.13. The third-order valence-electron chi connectivity index (χ3n) is 2.79. The minimum atomic E-state index is -0.809. The molecule has 0 heterocycles. The van der Waals surface area contributed by atoms with Crippen LogP contribution in [0.1, 0.15) is 21.8 Å². The van der Waals surface area contributed by atoms with E-state index in [2.05, 4.69) is 15.9 Å². The monoisotopic (exact) mass is 336 g/mol. The van der Waals surface area contributed by atoms with Gasteiger partial charge in [0.1, 0.15) is 12.2 Å². The van der Waals surface area contributed by atoms with Crippen LogP contribution in [-0.2, 0) is 4.79 Å². The van der Waals surface area contributed by atoms with Gasteiger partial charge in [-0.15, -0.1) is 0 Å². The zero-order valence-electron chi connectivity index (χ0n) is 9.85. The van der Waals surface area contributed by atoms with Gasteiger partial charge in [0.15, 0.2) is 5.78 Å². The number of Topliss-reactive ketones (excluding diaryl/α,β-unsaturated/α-hetero) is 1. The first-order valence-corrected chi connectivity index (χ1v) is 6.80. The summed E-state index contributed by atoms with van der Waals surface area (Å²) in [7, 11) is 0. The normalized spacial score (nSPS) is 11.9. The number of halogens is 2. The molecule has 0 radical (unpaired) electrons. The highest BCUT2D eigenvalue weighted by Crippen LogP contribution is 2.25. The van der Waals surface area contributed by atoms with Crippen LogP contribution in [0.3, 0.4) is 0 Å². The Morgan fingerprint density at radius 3 is 2.32 bits per heavy atom. The lowest BCUT2D eigenvalue weighted by atomic mass is 9.92. The zero-order valence-corrected chi connectivity index (χ0v) is 12.2. The summed E-state index contributed by atoms with van der Waals surface area (Å²) in [5.41, 5.74) is 1.13. The summed E-state index contributed by atoms with van der Waals surface area (Å²) in [5, 5.41) is 0.571. The van der Waals surface area contributed by atoms with Crippen molar-refractivity contribution in [3.8, 4) is 0 Å². The Labute approximate surface area is 124 Å². The van der Waals surface area contributed by atoms with Crippen molar-refractivity contribution < 1.29 is 9.59 Å². The average Bonchev–Trinajstić information content (AvgIpc) is 2.42. The molecule has 0 bridgehead atoms. The summed E-state index contributed by atoms with van der Waals surface area (Å²) in [4.78, 5) is 23.6. The summed E-state index contributed by atoms with van der Waals surface area (Å²) in [5.74, 6) is -1.04. The second-order valence-corrected chi connectivity index (χ2v) is 5.30. The van der Waals surface area contributed by atoms with E-state index in [1.165, 1.54) is 0 Å². The number of hydrogen-bond acceptors (Lipinski definition) is 2. The highest BCUT2D eigenvalue weighted by atomic mass is 79.9. The summed E-state index contributed by atoms with van der Waals surface area (Å²) < 4.78 is 0.681. The Kier molecular flexibility index (Phi) is 4.51. The highest BCUT2D eigenvalue weighted by Gasteiger charge is 2.22. The van der Waals surface area contributed by atoms with Gasteiger partial charge >= 0.3 is 0 Å². The highest BCUT2D eigenvalue weighted by molar-refractivity contribution is 9.10. The van der Waals surface area contributed by atoms with Gasteiger partial charge in [0.2, 0.25) is 0 Å². The van der Waals surface area contributed by atoms with Crippen molar-refractivity contribution in [3.05, 3.63) is 69.2 Å². The van der Waals surface area contributed by atoms with Gasteiger partial charge in [0, 0.05) is 15.1 Å². The lowest BCUT2D eigenvalue weighted by molar-refractivity contribution is -0.108. The van der Waals surface area contributed by atoms with Crippen LogP contribution in [-0.4, -0.2) is 12.1 Å². The van der Waals surface area contributed by atoms with Crippen molar-refractivity contribution in [2.75, 3.05) is 0 Å². The van der Waals surface area contributed by atoms with Crippen LogP contribution in [0.2, 0.25) is 5.02 Å². The van der Waals surface area contributed by atoms with E-state index in [-0.39, 0.29) is 5.78 Å². The number of rotatable bonds is 4. The van der Waals surface area contributed by atoms with E-state index in [0.717, 1.165) is 0 Å². The number of aldehydes is 1. The number of carbonyl (C=O) groups is 2. The zero-order chi connectivity index (χ0) is 13.8. The van der Waals surface area contributed by atoms with Gasteiger partial charge in [-0.1, -0.05) is 57.9 Å². The lowest BCUT2D eigenvalue weighted by Gasteiger charge is -2.11. The fourth-order valence-corrected chi connectivity index (χ4v) is 2.40. The van der Waals surface area contributed by atoms with E-state index < -0.39 is 5.92 Å². The molecule has 2 rings (SSSR count). The Morgan fingerprint density at radius 2 is 1.74 bits per heavy atom. The van der Waals surface area contributed by atoms with E-state index >= 15 is 0 Å². The molecule has 0 amide bonds. The molecule has 0 N–H and O–H groups in total. The molecular weight excluding hydrogens is 328 g/mol. The molecule has 0 fully saturated rings. The number of carbonyl (C=O) groups excluding carboxylic acids is 2. The first-order valence-electron chi connectivity index (χ1n) is 5.63. The smallest absolute Gasteiger partial charge is 0.178 e. The van der Waals surface area contributed by atoms with Gasteiger partial charge in [-0.25, -0.2) is 0 Å². The van der Waals surface area contributed by atoms with Crippen LogP contribution in [0.25, 0.3) is 0 Å². The molecule has 0 aromatic heterocycles. The number of hydrogen-bond donors (Lipinski definition) is 0. The second-order valence-electron chi connectivity index (χ2n) is 4.01. The largest absolute Gasteiger partial charge is 0.302 e. The molecule has 2 aromatic rings. The van der Waals surface area contributed by atoms with Gasteiger partial charge in [0.25, 0.3) is 0 Å². The molecule has 0 aliphatic rings. The molecule has 4 heteroatoms. The molecule has 0 saturated heterocycles. The topological polar surface area (TPSA) is 34.1 Å². The molecule has 2 aromatic carbocycles. The summed E-state index contributed by atoms with van der Waals surface area (Å²) >= 11 is 9.12. The maximum absolute atomic E-state index is 12.4. The van der Waals surface area contributed by atoms with Crippen molar-refractivity contribution in [3.63, 3.8) is 0 Å². The molecule has 1 atom stereocenters. The van der Waals surface area contributed by atoms with Crippen LogP contribution in [0, 0.1) is 0 Å². The number of benzene rings is 2. The van der Waals surface area contributed by atoms with E-state index in [0.29, 0.717) is 26.9 Å². The Hall–Kier alpha value is -1.45. The Balaban J connectivity index is 2.38. The van der Waals surface area contributed by atoms with Gasteiger partial charge in [0.05, 0.1) is 0 Å². The Morgan fingerprint density at radius 1 is 1.11 bits per heavy atom. The van der Waals surface area contributed by atoms with Crippen LogP contribution in [0.5, 0.6) is 0 Å². The quantitative estimate of drug-likeness (QED) is 0.474. The van der Waals surface area contributed by atoms with Crippen molar-refractivity contribution >= 4 is 39.6 Å². The first kappa shape index (κ1) is 14.0. The van der Waals surface area contributed by atoms with Crippen LogP contribution in [0.4, 0.5) is 0 Å². The SMILES string of the molecule is O=CC(C(=O)c1ccccc1Br)c1ccc(Cl)cc1. The van der Waals surface area contributed by atoms with Crippen LogP contribution in [0.15, 0.2) is 53.0 Å². The van der Waals surface area contributed by atoms with Gasteiger partial charge in [-0.2, -0.15) is 0 Å². The van der Waals surface area contributed by atoms with Crippen LogP contribution >= 0.6 is 27.5 Å². The molecule has 2 nitrogen and oxygen atoms in total. The third kappa shape index (κ3) is 3.11. The van der Waals surface area contributed by atoms with Crippen molar-refractivity contribution in [2.45, 2.75) is 5.92 Å². The van der Waals surface area contributed by atoms with E-state index in [1.807, 2.05) is 6.07 Å². The fraction of sp³-hybridized carbons (Fsp3) is 0.0667. The van der Waals surface area contributed by atoms with Gasteiger partial charge < -0.3 is 4.79 Å². The molecule has 0 saturated carbocycles. The predicted octanol–water partition coefficient (Wildman–Crippen LogP) is 4.27. The van der Waals surface area contributed by atoms with Gasteiger partial charge in [-0.3, -0.25) is 4.79 Å². The maximum atomic E-state index is 12.4. The third-order valence-corrected chi connectivity index (χ3v) is 3.73. The summed E-state index contributed by atoms with van der Waals surface area (Å²) in [6, 6.07) is 13.8. The standard InChI is InChI=1S/C15H10BrClO2/c16-14-4-2-1-3-12(14)15(19)13(9-18)10-5-7-11(17)8-6-10/h1-9,13H. The number of ketones is 1. The minimum absolute atomic E-state index is 0.232. The summed E-state index contributed by atoms with van der Waals surface area (Å²) in [6.45, 7) is 0. The second kappa shape index (κ2) is 6.13. The molecule has 19 heavy (non-hydrogen) atoms. The molecule has 0 aliphatic heterocycles. The average molecular weight is 338 g/mol. The Bertz CT molecular complexity index is 608. The van der Waals surface area contributed by atoms with Gasteiger partial charge in [-0.05, 0) is 23.8 Å². The predicted molar refractivity (Wildman–Crippen MR) is 78.7 cm³/mol. The molecular formula is C15H10BrClO2. The fourth-order valence-electron chi connectivity index (χ4n) is 1.79. The molecule has 1 unspecified atom stereocenters. The molecule has 0 spiro atoms. The van der Waals surface area contributed by atoms with E-state index in [9.17, 15) is 9.59 Å². The molecule has 0 aliphatic carbocycles. The van der Waals surface area contributed by atoms with Crippen LogP contribution < -0.4 is 0 Å². The minimum Gasteiger partial charge on any atom is -0.302 e. The maximum Gasteiger partial charge on any atom is 0.178 e. The lowest BCUT2D eigenvalue weighted by Crippen LogP contribution is -2.14. The molecule has 96 valence electrons. The van der Waals surface area contributed by atoms with E-state index in [4.69, 9.17) is 11.6 Å².